The van der Waals surface area contributed by atoms with E-state index in [0.717, 1.165) is 30.7 Å². The zero-order valence-electron chi connectivity index (χ0n) is 13.3. The predicted molar refractivity (Wildman–Crippen MR) is 84.1 cm³/mol. The van der Waals surface area contributed by atoms with Gasteiger partial charge in [0.1, 0.15) is 5.75 Å². The number of hydrazine groups is 1. The number of hydrogen-bond acceptors (Lipinski definition) is 4. The molecular weight excluding hydrogens is 292 g/mol. The highest BCUT2D eigenvalue weighted by Crippen LogP contribution is 2.57. The van der Waals surface area contributed by atoms with E-state index in [0.29, 0.717) is 24.0 Å². The van der Waals surface area contributed by atoms with Crippen LogP contribution in [-0.2, 0) is 16.0 Å². The van der Waals surface area contributed by atoms with Gasteiger partial charge < -0.3 is 5.11 Å². The molecule has 3 aliphatic rings. The Morgan fingerprint density at radius 1 is 1.30 bits per heavy atom. The Bertz CT molecular complexity index is 702. The quantitative estimate of drug-likeness (QED) is 0.436. The van der Waals surface area contributed by atoms with Gasteiger partial charge in [-0.15, -0.1) is 0 Å². The molecule has 2 amide bonds. The fraction of sp³-hybridized carbons (Fsp3) is 0.556. The zero-order valence-corrected chi connectivity index (χ0v) is 13.3. The minimum Gasteiger partial charge on any atom is -0.508 e. The van der Waals surface area contributed by atoms with E-state index in [9.17, 15) is 14.7 Å². The van der Waals surface area contributed by atoms with Crippen LogP contribution >= 0.6 is 0 Å². The van der Waals surface area contributed by atoms with Crippen LogP contribution in [0.15, 0.2) is 18.2 Å². The second kappa shape index (κ2) is 4.81. The Labute approximate surface area is 135 Å². The molecule has 1 saturated carbocycles. The molecule has 0 bridgehead atoms. The molecule has 0 radical (unpaired) electrons. The van der Waals surface area contributed by atoms with Crippen LogP contribution in [0.2, 0.25) is 0 Å². The van der Waals surface area contributed by atoms with Crippen molar-refractivity contribution in [2.24, 2.45) is 23.1 Å². The minimum atomic E-state index is -0.516. The highest BCUT2D eigenvalue weighted by molar-refractivity contribution is 6.00. The first-order valence-electron chi connectivity index (χ1n) is 8.35. The molecule has 2 fully saturated rings. The third-order valence-electron chi connectivity index (χ3n) is 6.47. The number of piperidine rings is 1. The van der Waals surface area contributed by atoms with Crippen molar-refractivity contribution < 1.29 is 14.7 Å². The summed E-state index contributed by atoms with van der Waals surface area (Å²) >= 11 is 0. The Balaban J connectivity index is 1.73. The highest BCUT2D eigenvalue weighted by Gasteiger charge is 2.56. The Kier molecular flexibility index (Phi) is 3.07. The third-order valence-corrected chi connectivity index (χ3v) is 6.47. The van der Waals surface area contributed by atoms with E-state index in [1.165, 1.54) is 11.1 Å². The van der Waals surface area contributed by atoms with Gasteiger partial charge in [-0.3, -0.25) is 9.59 Å². The normalized spacial score (nSPS) is 36.3. The first-order valence-corrected chi connectivity index (χ1v) is 8.35. The number of phenols is 1. The molecule has 1 aliphatic heterocycles. The molecule has 122 valence electrons. The topological polar surface area (TPSA) is 83.6 Å². The maximum atomic E-state index is 12.6. The number of hydrogen-bond donors (Lipinski definition) is 2. The van der Waals surface area contributed by atoms with Crippen molar-refractivity contribution in [2.45, 2.75) is 44.9 Å². The largest absolute Gasteiger partial charge is 0.508 e. The van der Waals surface area contributed by atoms with E-state index in [1.807, 2.05) is 19.1 Å². The second-order valence-corrected chi connectivity index (χ2v) is 7.53. The van der Waals surface area contributed by atoms with Crippen LogP contribution in [0.4, 0.5) is 0 Å². The van der Waals surface area contributed by atoms with Crippen molar-refractivity contribution in [3.63, 3.8) is 0 Å². The monoisotopic (exact) mass is 314 g/mol. The molecule has 4 atom stereocenters. The van der Waals surface area contributed by atoms with Crippen molar-refractivity contribution in [3.8, 4) is 5.75 Å². The first kappa shape index (κ1) is 14.7. The zero-order chi connectivity index (χ0) is 16.4. The number of nitrogens with two attached hydrogens (primary N) is 1. The number of rotatable bonds is 0. The number of amides is 2. The fourth-order valence-electron chi connectivity index (χ4n) is 5.21. The van der Waals surface area contributed by atoms with Crippen LogP contribution in [0.5, 0.6) is 5.75 Å². The van der Waals surface area contributed by atoms with E-state index in [4.69, 9.17) is 5.84 Å². The summed E-state index contributed by atoms with van der Waals surface area (Å²) in [6.45, 7) is 1.98. The van der Waals surface area contributed by atoms with Crippen LogP contribution in [0.1, 0.15) is 49.7 Å². The summed E-state index contributed by atoms with van der Waals surface area (Å²) in [6.07, 6.45) is 3.92. The summed E-state index contributed by atoms with van der Waals surface area (Å²) in [5.41, 5.74) is 1.98. The van der Waals surface area contributed by atoms with Crippen molar-refractivity contribution in [1.82, 2.24) is 5.01 Å². The van der Waals surface area contributed by atoms with E-state index in [1.54, 1.807) is 6.07 Å². The van der Waals surface area contributed by atoms with E-state index >= 15 is 0 Å². The molecule has 1 aromatic rings. The molecule has 0 aromatic heterocycles. The number of carbonyl (C=O) groups is 2. The van der Waals surface area contributed by atoms with E-state index < -0.39 is 5.41 Å². The molecule has 1 aromatic carbocycles. The molecule has 23 heavy (non-hydrogen) atoms. The summed E-state index contributed by atoms with van der Waals surface area (Å²) in [6, 6.07) is 5.62. The number of fused-ring (bicyclic) bond motifs is 5. The smallest absolute Gasteiger partial charge is 0.249 e. The van der Waals surface area contributed by atoms with Crippen molar-refractivity contribution in [3.05, 3.63) is 29.3 Å². The second-order valence-electron chi connectivity index (χ2n) is 7.53. The van der Waals surface area contributed by atoms with Crippen LogP contribution in [0, 0.1) is 17.3 Å². The van der Waals surface area contributed by atoms with Crippen molar-refractivity contribution in [1.29, 1.82) is 0 Å². The van der Waals surface area contributed by atoms with Gasteiger partial charge in [0.05, 0.1) is 5.41 Å². The number of carbonyl (C=O) groups excluding carboxylic acids is 2. The van der Waals surface area contributed by atoms with Gasteiger partial charge in [0.15, 0.2) is 0 Å². The van der Waals surface area contributed by atoms with Gasteiger partial charge in [0.25, 0.3) is 0 Å². The number of benzene rings is 1. The molecule has 4 rings (SSSR count). The van der Waals surface area contributed by atoms with Gasteiger partial charge in [-0.1, -0.05) is 13.0 Å². The minimum absolute atomic E-state index is 0.0722. The number of aromatic hydroxyl groups is 1. The first-order chi connectivity index (χ1) is 10.9. The van der Waals surface area contributed by atoms with Crippen molar-refractivity contribution in [2.75, 3.05) is 0 Å². The van der Waals surface area contributed by atoms with Crippen LogP contribution < -0.4 is 5.84 Å². The number of nitrogens with zero attached hydrogens (tertiary/aromatic N) is 1. The van der Waals surface area contributed by atoms with Crippen LogP contribution in [0.25, 0.3) is 0 Å². The lowest BCUT2D eigenvalue weighted by Crippen LogP contribution is -2.61. The molecule has 0 unspecified atom stereocenters. The molecule has 1 saturated heterocycles. The average molecular weight is 314 g/mol. The molecule has 2 aliphatic carbocycles. The SMILES string of the molecule is C[C@]12CC[C@@H]3c4ccc(O)cc4CC[C@H]3[C@@H]1CC(=O)N(N)C2=O. The predicted octanol–water partition coefficient (Wildman–Crippen LogP) is 2.09. The molecular formula is C18H22N2O3. The molecule has 5 heteroatoms. The summed E-state index contributed by atoms with van der Waals surface area (Å²) in [4.78, 5) is 24.7. The average Bonchev–Trinajstić information content (AvgIpc) is 2.54. The maximum Gasteiger partial charge on any atom is 0.249 e. The highest BCUT2D eigenvalue weighted by atomic mass is 16.3. The van der Waals surface area contributed by atoms with Crippen molar-refractivity contribution >= 4 is 11.8 Å². The van der Waals surface area contributed by atoms with Gasteiger partial charge >= 0.3 is 0 Å². The van der Waals surface area contributed by atoms with Crippen LogP contribution in [-0.4, -0.2) is 21.9 Å². The fourth-order valence-corrected chi connectivity index (χ4v) is 5.21. The van der Waals surface area contributed by atoms with Crippen LogP contribution in [0.3, 0.4) is 0 Å². The summed E-state index contributed by atoms with van der Waals surface area (Å²) in [7, 11) is 0. The van der Waals surface area contributed by atoms with Gasteiger partial charge in [0.2, 0.25) is 11.8 Å². The summed E-state index contributed by atoms with van der Waals surface area (Å²) < 4.78 is 0. The maximum absolute atomic E-state index is 12.6. The lowest BCUT2D eigenvalue weighted by Gasteiger charge is -2.53. The molecule has 0 spiro atoms. The number of aryl methyl sites for hydroxylation is 1. The van der Waals surface area contributed by atoms with E-state index in [-0.39, 0.29) is 17.7 Å². The number of phenolic OH excluding ortho intramolecular Hbond substituents is 1. The Morgan fingerprint density at radius 2 is 2.09 bits per heavy atom. The standard InChI is InChI=1S/C18H22N2O3/c1-18-7-6-13-12-5-3-11(21)8-10(12)2-4-14(13)15(18)9-16(22)20(19)17(18)23/h3,5,8,13-15,21H,2,4,6-7,9,19H2,1H3/t13-,14-,15+,18+/m1/s1. The van der Waals surface area contributed by atoms with Gasteiger partial charge in [0, 0.05) is 6.42 Å². The summed E-state index contributed by atoms with van der Waals surface area (Å²) in [5.74, 6) is 6.31. The molecule has 1 heterocycles. The van der Waals surface area contributed by atoms with E-state index in [2.05, 4.69) is 0 Å². The molecule has 3 N–H and O–H groups in total. The van der Waals surface area contributed by atoms with Gasteiger partial charge in [-0.25, -0.2) is 10.9 Å². The summed E-state index contributed by atoms with van der Waals surface area (Å²) in [5, 5.41) is 10.5. The Morgan fingerprint density at radius 3 is 2.87 bits per heavy atom. The van der Waals surface area contributed by atoms with Gasteiger partial charge in [-0.05, 0) is 66.7 Å². The number of imide groups is 1. The third kappa shape index (κ3) is 1.96. The van der Waals surface area contributed by atoms with Gasteiger partial charge in [-0.2, -0.15) is 0 Å². The lowest BCUT2D eigenvalue weighted by atomic mass is 9.52. The Hall–Kier alpha value is -1.88. The lowest BCUT2D eigenvalue weighted by molar-refractivity contribution is -0.168. The molecule has 5 nitrogen and oxygen atoms in total.